The summed E-state index contributed by atoms with van der Waals surface area (Å²) in [7, 11) is 0. The zero-order valence-electron chi connectivity index (χ0n) is 10.9. The summed E-state index contributed by atoms with van der Waals surface area (Å²) in [6.45, 7) is 3.16. The van der Waals surface area contributed by atoms with Crippen molar-refractivity contribution >= 4 is 17.4 Å². The van der Waals surface area contributed by atoms with Gasteiger partial charge in [0, 0.05) is 20.0 Å². The highest BCUT2D eigenvalue weighted by Gasteiger charge is 2.40. The fourth-order valence-corrected chi connectivity index (χ4v) is 3.04. The minimum Gasteiger partial charge on any atom is -0.365 e. The maximum Gasteiger partial charge on any atom is 0.225 e. The molecule has 1 amide bonds. The number of hydrogen-bond donors (Lipinski definition) is 1. The van der Waals surface area contributed by atoms with Crippen LogP contribution in [0.2, 0.25) is 0 Å². The Balaban J connectivity index is 1.85. The highest BCUT2D eigenvalue weighted by molar-refractivity contribution is 5.92. The molecule has 2 fully saturated rings. The third-order valence-electron chi connectivity index (χ3n) is 4.04. The number of carbonyl (C=O) groups excluding carboxylic acids is 2. The summed E-state index contributed by atoms with van der Waals surface area (Å²) in [4.78, 5) is 29.4. The summed E-state index contributed by atoms with van der Waals surface area (Å²) in [5.74, 6) is 0.241. The molecule has 19 heavy (non-hydrogen) atoms. The Morgan fingerprint density at radius 3 is 3.00 bits per heavy atom. The molecule has 2 unspecified atom stereocenters. The standard InChI is InChI=1S/C14H17N3O2/c1-9(18)12-5-4-10(7-15-12)17-6-2-3-11-13(17)8-16-14(11)19/h4-5,7,11,13H,2-3,6,8H2,1H3,(H,16,19). The number of nitrogens with zero attached hydrogens (tertiary/aromatic N) is 2. The van der Waals surface area contributed by atoms with Gasteiger partial charge < -0.3 is 10.2 Å². The van der Waals surface area contributed by atoms with Gasteiger partial charge in [0.05, 0.1) is 23.8 Å². The second kappa shape index (κ2) is 4.64. The lowest BCUT2D eigenvalue weighted by Gasteiger charge is -2.37. The van der Waals surface area contributed by atoms with Gasteiger partial charge in [0.2, 0.25) is 5.91 Å². The number of pyridine rings is 1. The lowest BCUT2D eigenvalue weighted by atomic mass is 9.91. The van der Waals surface area contributed by atoms with E-state index >= 15 is 0 Å². The quantitative estimate of drug-likeness (QED) is 0.805. The first-order chi connectivity index (χ1) is 9.16. The first-order valence-corrected chi connectivity index (χ1v) is 6.68. The van der Waals surface area contributed by atoms with Gasteiger partial charge in [0.25, 0.3) is 0 Å². The Bertz CT molecular complexity index is 512. The fourth-order valence-electron chi connectivity index (χ4n) is 3.04. The van der Waals surface area contributed by atoms with Crippen LogP contribution in [0.5, 0.6) is 0 Å². The summed E-state index contributed by atoms with van der Waals surface area (Å²) in [6.07, 6.45) is 3.72. The van der Waals surface area contributed by atoms with Crippen LogP contribution < -0.4 is 10.2 Å². The Labute approximate surface area is 112 Å². The molecule has 0 aliphatic carbocycles. The van der Waals surface area contributed by atoms with Crippen LogP contribution in [0.3, 0.4) is 0 Å². The molecule has 5 nitrogen and oxygen atoms in total. The molecule has 2 aliphatic rings. The number of fused-ring (bicyclic) bond motifs is 1. The zero-order valence-corrected chi connectivity index (χ0v) is 10.9. The minimum absolute atomic E-state index is 0.0271. The largest absolute Gasteiger partial charge is 0.365 e. The highest BCUT2D eigenvalue weighted by atomic mass is 16.2. The van der Waals surface area contributed by atoms with Crippen molar-refractivity contribution in [1.29, 1.82) is 0 Å². The van der Waals surface area contributed by atoms with Crippen LogP contribution in [0.25, 0.3) is 0 Å². The summed E-state index contributed by atoms with van der Waals surface area (Å²) in [5.41, 5.74) is 1.48. The van der Waals surface area contributed by atoms with Crippen molar-refractivity contribution in [2.75, 3.05) is 18.0 Å². The number of carbonyl (C=O) groups is 2. The Hall–Kier alpha value is -1.91. The molecule has 1 aromatic rings. The molecule has 0 saturated carbocycles. The summed E-state index contributed by atoms with van der Waals surface area (Å²) in [6, 6.07) is 3.91. The van der Waals surface area contributed by atoms with Crippen LogP contribution in [0.4, 0.5) is 5.69 Å². The van der Waals surface area contributed by atoms with Crippen LogP contribution in [-0.2, 0) is 4.79 Å². The molecule has 1 aromatic heterocycles. The van der Waals surface area contributed by atoms with Crippen LogP contribution in [0, 0.1) is 5.92 Å². The molecule has 1 N–H and O–H groups in total. The van der Waals surface area contributed by atoms with E-state index in [4.69, 9.17) is 0 Å². The van der Waals surface area contributed by atoms with E-state index in [9.17, 15) is 9.59 Å². The number of ketones is 1. The summed E-state index contributed by atoms with van der Waals surface area (Å²) in [5, 5.41) is 2.94. The van der Waals surface area contributed by atoms with Gasteiger partial charge in [-0.25, -0.2) is 0 Å². The van der Waals surface area contributed by atoms with E-state index in [1.807, 2.05) is 6.07 Å². The lowest BCUT2D eigenvalue weighted by Crippen LogP contribution is -2.45. The van der Waals surface area contributed by atoms with Crippen LogP contribution in [0.15, 0.2) is 18.3 Å². The van der Waals surface area contributed by atoms with Gasteiger partial charge in [-0.15, -0.1) is 0 Å². The van der Waals surface area contributed by atoms with Crippen molar-refractivity contribution in [2.45, 2.75) is 25.8 Å². The van der Waals surface area contributed by atoms with E-state index in [1.165, 1.54) is 6.92 Å². The van der Waals surface area contributed by atoms with E-state index in [0.29, 0.717) is 12.2 Å². The van der Waals surface area contributed by atoms with Crippen LogP contribution >= 0.6 is 0 Å². The molecule has 3 rings (SSSR count). The number of nitrogens with one attached hydrogen (secondary N) is 1. The number of hydrogen-bond acceptors (Lipinski definition) is 4. The van der Waals surface area contributed by atoms with E-state index in [0.717, 1.165) is 25.1 Å². The molecule has 0 bridgehead atoms. The van der Waals surface area contributed by atoms with Gasteiger partial charge in [0.1, 0.15) is 5.69 Å². The van der Waals surface area contributed by atoms with Gasteiger partial charge in [-0.05, 0) is 25.0 Å². The first kappa shape index (κ1) is 12.1. The molecule has 100 valence electrons. The van der Waals surface area contributed by atoms with E-state index in [-0.39, 0.29) is 23.7 Å². The zero-order chi connectivity index (χ0) is 13.4. The van der Waals surface area contributed by atoms with Crippen LogP contribution in [-0.4, -0.2) is 35.8 Å². The minimum atomic E-state index is -0.0271. The number of anilines is 1. The Morgan fingerprint density at radius 1 is 1.47 bits per heavy atom. The van der Waals surface area contributed by atoms with Gasteiger partial charge >= 0.3 is 0 Å². The van der Waals surface area contributed by atoms with E-state index in [2.05, 4.69) is 15.2 Å². The molecule has 0 aromatic carbocycles. The maximum absolute atomic E-state index is 11.7. The maximum atomic E-state index is 11.7. The van der Waals surface area contributed by atoms with Crippen molar-refractivity contribution in [3.63, 3.8) is 0 Å². The van der Waals surface area contributed by atoms with Crippen molar-refractivity contribution < 1.29 is 9.59 Å². The molecule has 3 heterocycles. The van der Waals surface area contributed by atoms with Crippen molar-refractivity contribution in [3.8, 4) is 0 Å². The molecule has 2 aliphatic heterocycles. The molecular weight excluding hydrogens is 242 g/mol. The number of amides is 1. The number of Topliss-reactive ketones (excluding diaryl/α,β-unsaturated/α-hetero) is 1. The average Bonchev–Trinajstić information content (AvgIpc) is 2.81. The van der Waals surface area contributed by atoms with Gasteiger partial charge in [-0.2, -0.15) is 0 Å². The Kier molecular flexibility index (Phi) is 2.97. The topological polar surface area (TPSA) is 62.3 Å². The molecule has 0 spiro atoms. The van der Waals surface area contributed by atoms with Crippen molar-refractivity contribution in [1.82, 2.24) is 10.3 Å². The number of rotatable bonds is 2. The number of piperidine rings is 1. The van der Waals surface area contributed by atoms with Crippen LogP contribution in [0.1, 0.15) is 30.3 Å². The summed E-state index contributed by atoms with van der Waals surface area (Å²) >= 11 is 0. The van der Waals surface area contributed by atoms with Gasteiger partial charge in [-0.3, -0.25) is 14.6 Å². The third-order valence-corrected chi connectivity index (χ3v) is 4.04. The van der Waals surface area contributed by atoms with Gasteiger partial charge in [0.15, 0.2) is 5.78 Å². The smallest absolute Gasteiger partial charge is 0.225 e. The molecule has 2 saturated heterocycles. The molecule has 5 heteroatoms. The predicted octanol–water partition coefficient (Wildman–Crippen LogP) is 0.999. The van der Waals surface area contributed by atoms with Crippen molar-refractivity contribution in [3.05, 3.63) is 24.0 Å². The lowest BCUT2D eigenvalue weighted by molar-refractivity contribution is -0.122. The SMILES string of the molecule is CC(=O)c1ccc(N2CCCC3C(=O)NCC32)cn1. The fraction of sp³-hybridized carbons (Fsp3) is 0.500. The highest BCUT2D eigenvalue weighted by Crippen LogP contribution is 2.31. The van der Waals surface area contributed by atoms with E-state index < -0.39 is 0 Å². The molecule has 0 radical (unpaired) electrons. The van der Waals surface area contributed by atoms with Gasteiger partial charge in [-0.1, -0.05) is 0 Å². The second-order valence-corrected chi connectivity index (χ2v) is 5.21. The summed E-state index contributed by atoms with van der Waals surface area (Å²) < 4.78 is 0. The first-order valence-electron chi connectivity index (χ1n) is 6.68. The predicted molar refractivity (Wildman–Crippen MR) is 71.1 cm³/mol. The third kappa shape index (κ3) is 2.09. The monoisotopic (exact) mass is 259 g/mol. The average molecular weight is 259 g/mol. The van der Waals surface area contributed by atoms with Crippen molar-refractivity contribution in [2.24, 2.45) is 5.92 Å². The van der Waals surface area contributed by atoms with E-state index in [1.54, 1.807) is 12.3 Å². The Morgan fingerprint density at radius 2 is 2.32 bits per heavy atom. The normalized spacial score (nSPS) is 25.9. The number of aromatic nitrogens is 1. The molecule has 2 atom stereocenters. The second-order valence-electron chi connectivity index (χ2n) is 5.21. The molecular formula is C14H17N3O2.